The molecule has 2 N–H and O–H groups in total. The number of carbonyl (C=O) groups excluding carboxylic acids is 3. The van der Waals surface area contributed by atoms with Crippen molar-refractivity contribution in [3.8, 4) is 11.5 Å². The smallest absolute Gasteiger partial charge is 0.343 e. The number of benzene rings is 4. The van der Waals surface area contributed by atoms with E-state index in [4.69, 9.17) is 21.1 Å². The highest BCUT2D eigenvalue weighted by molar-refractivity contribution is 6.30. The highest BCUT2D eigenvalue weighted by Crippen LogP contribution is 2.29. The summed E-state index contributed by atoms with van der Waals surface area (Å²) in [6.45, 7) is 2.14. The first kappa shape index (κ1) is 28.8. The minimum absolute atomic E-state index is 0.235. The van der Waals surface area contributed by atoms with Gasteiger partial charge in [-0.25, -0.2) is 10.2 Å². The Labute approximate surface area is 242 Å². The Kier molecular flexibility index (Phi) is 10.0. The maximum absolute atomic E-state index is 12.8. The Morgan fingerprint density at radius 3 is 2.34 bits per heavy atom. The third-order valence-corrected chi connectivity index (χ3v) is 5.84. The molecule has 8 nitrogen and oxygen atoms in total. The number of hydrazone groups is 1. The standard InChI is InChI=1S/C32H26ClN3O5/c1-2-40-29-20-23(12-18-28(29)41-32(39)24-14-16-25(33)17-15-24)21-34-36-31(38)26-10-6-7-11-27(26)35-30(37)19-13-22-8-4-3-5-9-22/h3-21H,2H2,1H3,(H,35,37)(H,36,38)/b19-13+,34-21-. The summed E-state index contributed by atoms with van der Waals surface area (Å²) in [7, 11) is 0. The largest absolute Gasteiger partial charge is 0.490 e. The number of hydrogen-bond donors (Lipinski definition) is 2. The maximum atomic E-state index is 12.8. The number of nitrogens with zero attached hydrogens (tertiary/aromatic N) is 1. The van der Waals surface area contributed by atoms with E-state index in [2.05, 4.69) is 15.8 Å². The molecule has 41 heavy (non-hydrogen) atoms. The Morgan fingerprint density at radius 2 is 1.59 bits per heavy atom. The topological polar surface area (TPSA) is 106 Å². The maximum Gasteiger partial charge on any atom is 0.343 e. The average Bonchev–Trinajstić information content (AvgIpc) is 2.98. The third-order valence-electron chi connectivity index (χ3n) is 5.59. The van der Waals surface area contributed by atoms with Crippen molar-refractivity contribution in [3.63, 3.8) is 0 Å². The molecule has 0 fully saturated rings. The van der Waals surface area contributed by atoms with Gasteiger partial charge in [-0.15, -0.1) is 0 Å². The average molecular weight is 568 g/mol. The molecule has 0 saturated heterocycles. The summed E-state index contributed by atoms with van der Waals surface area (Å²) in [5.41, 5.74) is 4.86. The fraction of sp³-hybridized carbons (Fsp3) is 0.0625. The van der Waals surface area contributed by atoms with Crippen LogP contribution in [-0.2, 0) is 4.79 Å². The van der Waals surface area contributed by atoms with Gasteiger partial charge in [-0.3, -0.25) is 9.59 Å². The van der Waals surface area contributed by atoms with Crippen LogP contribution in [0.3, 0.4) is 0 Å². The van der Waals surface area contributed by atoms with Crippen molar-refractivity contribution in [2.75, 3.05) is 11.9 Å². The second-order valence-corrected chi connectivity index (χ2v) is 8.95. The van der Waals surface area contributed by atoms with E-state index >= 15 is 0 Å². The predicted molar refractivity (Wildman–Crippen MR) is 160 cm³/mol. The van der Waals surface area contributed by atoms with Crippen LogP contribution in [0.4, 0.5) is 5.69 Å². The van der Waals surface area contributed by atoms with Crippen LogP contribution in [0.1, 0.15) is 38.8 Å². The molecule has 0 saturated carbocycles. The van der Waals surface area contributed by atoms with E-state index in [1.165, 1.54) is 12.3 Å². The number of para-hydroxylation sites is 1. The normalized spacial score (nSPS) is 10.9. The number of rotatable bonds is 10. The van der Waals surface area contributed by atoms with Crippen LogP contribution >= 0.6 is 11.6 Å². The monoisotopic (exact) mass is 567 g/mol. The lowest BCUT2D eigenvalue weighted by Gasteiger charge is -2.11. The third kappa shape index (κ3) is 8.39. The van der Waals surface area contributed by atoms with Gasteiger partial charge in [0.25, 0.3) is 5.91 Å². The van der Waals surface area contributed by atoms with Crippen molar-refractivity contribution in [1.82, 2.24) is 5.43 Å². The van der Waals surface area contributed by atoms with E-state index in [1.54, 1.807) is 79.7 Å². The van der Waals surface area contributed by atoms with Crippen molar-refractivity contribution in [2.24, 2.45) is 5.10 Å². The Hall–Kier alpha value is -5.21. The molecular weight excluding hydrogens is 542 g/mol. The zero-order chi connectivity index (χ0) is 29.0. The molecule has 206 valence electrons. The first-order valence-corrected chi connectivity index (χ1v) is 13.0. The van der Waals surface area contributed by atoms with Crippen molar-refractivity contribution < 1.29 is 23.9 Å². The summed E-state index contributed by atoms with van der Waals surface area (Å²) in [5.74, 6) is -0.876. The lowest BCUT2D eigenvalue weighted by Crippen LogP contribution is -2.20. The molecule has 0 unspecified atom stereocenters. The van der Waals surface area contributed by atoms with Gasteiger partial charge in [0.1, 0.15) is 0 Å². The van der Waals surface area contributed by atoms with E-state index in [1.807, 2.05) is 30.3 Å². The molecule has 0 bridgehead atoms. The molecule has 4 rings (SSSR count). The molecule has 9 heteroatoms. The van der Waals surface area contributed by atoms with Gasteiger partial charge in [-0.05, 0) is 78.7 Å². The fourth-order valence-corrected chi connectivity index (χ4v) is 3.75. The number of anilines is 1. The lowest BCUT2D eigenvalue weighted by atomic mass is 10.1. The van der Waals surface area contributed by atoms with E-state index in [0.717, 1.165) is 5.56 Å². The number of amides is 2. The molecule has 0 aliphatic rings. The molecule has 0 aliphatic heterocycles. The van der Waals surface area contributed by atoms with E-state index in [-0.39, 0.29) is 17.2 Å². The highest BCUT2D eigenvalue weighted by atomic mass is 35.5. The molecule has 0 spiro atoms. The molecule has 0 aliphatic carbocycles. The van der Waals surface area contributed by atoms with Gasteiger partial charge < -0.3 is 14.8 Å². The van der Waals surface area contributed by atoms with Crippen molar-refractivity contribution in [2.45, 2.75) is 6.92 Å². The fourth-order valence-electron chi connectivity index (χ4n) is 3.63. The Bertz CT molecular complexity index is 1580. The molecular formula is C32H26ClN3O5. The summed E-state index contributed by atoms with van der Waals surface area (Å²) in [6.07, 6.45) is 4.51. The zero-order valence-electron chi connectivity index (χ0n) is 22.0. The minimum atomic E-state index is -0.558. The summed E-state index contributed by atoms with van der Waals surface area (Å²) >= 11 is 5.89. The lowest BCUT2D eigenvalue weighted by molar-refractivity contribution is -0.111. The van der Waals surface area contributed by atoms with Crippen molar-refractivity contribution in [3.05, 3.63) is 130 Å². The molecule has 4 aromatic rings. The van der Waals surface area contributed by atoms with Crippen LogP contribution in [0.25, 0.3) is 6.08 Å². The van der Waals surface area contributed by atoms with Crippen molar-refractivity contribution >= 4 is 47.4 Å². The summed E-state index contributed by atoms with van der Waals surface area (Å²) in [5, 5.41) is 7.27. The molecule has 0 heterocycles. The number of esters is 1. The van der Waals surface area contributed by atoms with E-state index in [0.29, 0.717) is 34.2 Å². The van der Waals surface area contributed by atoms with E-state index in [9.17, 15) is 14.4 Å². The highest BCUT2D eigenvalue weighted by Gasteiger charge is 2.14. The van der Waals surface area contributed by atoms with Crippen LogP contribution in [0.15, 0.2) is 108 Å². The molecule has 0 atom stereocenters. The van der Waals surface area contributed by atoms with Crippen molar-refractivity contribution in [1.29, 1.82) is 0 Å². The van der Waals surface area contributed by atoms with Gasteiger partial charge in [0.05, 0.1) is 29.6 Å². The van der Waals surface area contributed by atoms with Gasteiger partial charge >= 0.3 is 5.97 Å². The summed E-state index contributed by atoms with van der Waals surface area (Å²) in [4.78, 5) is 37.8. The van der Waals surface area contributed by atoms with Crippen LogP contribution in [0, 0.1) is 0 Å². The molecule has 0 aromatic heterocycles. The van der Waals surface area contributed by atoms with Crippen LogP contribution in [0.5, 0.6) is 11.5 Å². The number of nitrogens with one attached hydrogen (secondary N) is 2. The summed E-state index contributed by atoms with van der Waals surface area (Å²) in [6, 6.07) is 27.2. The predicted octanol–water partition coefficient (Wildman–Crippen LogP) is 6.37. The van der Waals surface area contributed by atoms with Crippen LogP contribution in [0.2, 0.25) is 5.02 Å². The number of ether oxygens (including phenoxy) is 2. The first-order chi connectivity index (χ1) is 19.9. The molecule has 0 radical (unpaired) electrons. The Morgan fingerprint density at radius 1 is 0.854 bits per heavy atom. The van der Waals surface area contributed by atoms with Gasteiger partial charge in [0, 0.05) is 11.1 Å². The molecule has 2 amide bonds. The minimum Gasteiger partial charge on any atom is -0.490 e. The zero-order valence-corrected chi connectivity index (χ0v) is 22.8. The van der Waals surface area contributed by atoms with Gasteiger partial charge in [0.15, 0.2) is 11.5 Å². The number of carbonyl (C=O) groups is 3. The quantitative estimate of drug-likeness (QED) is 0.0761. The van der Waals surface area contributed by atoms with Gasteiger partial charge in [-0.2, -0.15) is 5.10 Å². The van der Waals surface area contributed by atoms with Crippen LogP contribution in [-0.4, -0.2) is 30.6 Å². The second-order valence-electron chi connectivity index (χ2n) is 8.51. The van der Waals surface area contributed by atoms with E-state index < -0.39 is 11.9 Å². The molecule has 4 aromatic carbocycles. The SMILES string of the molecule is CCOc1cc(/C=N\NC(=O)c2ccccc2NC(=O)/C=C/c2ccccc2)ccc1OC(=O)c1ccc(Cl)cc1. The second kappa shape index (κ2) is 14.3. The number of hydrogen-bond acceptors (Lipinski definition) is 6. The van der Waals surface area contributed by atoms with Gasteiger partial charge in [-0.1, -0.05) is 54.1 Å². The van der Waals surface area contributed by atoms with Crippen LogP contribution < -0.4 is 20.2 Å². The summed E-state index contributed by atoms with van der Waals surface area (Å²) < 4.78 is 11.1. The van der Waals surface area contributed by atoms with Gasteiger partial charge in [0.2, 0.25) is 5.91 Å². The Balaban J connectivity index is 1.40. The first-order valence-electron chi connectivity index (χ1n) is 12.6. The number of halogens is 1.